The maximum absolute atomic E-state index is 13.2. The molecule has 1 atom stereocenters. The Morgan fingerprint density at radius 2 is 2.09 bits per heavy atom. The predicted octanol–water partition coefficient (Wildman–Crippen LogP) is 4.44. The highest BCUT2D eigenvalue weighted by molar-refractivity contribution is 7.20. The van der Waals surface area contributed by atoms with Gasteiger partial charge in [0.15, 0.2) is 0 Å². The van der Waals surface area contributed by atoms with Crippen molar-refractivity contribution in [3.8, 4) is 11.3 Å². The zero-order valence-corrected chi connectivity index (χ0v) is 18.6. The van der Waals surface area contributed by atoms with Gasteiger partial charge in [-0.1, -0.05) is 41.2 Å². The monoisotopic (exact) mass is 449 g/mol. The average molecular weight is 450 g/mol. The molecule has 1 aliphatic rings. The molecular weight excluding hydrogens is 425 g/mol. The van der Waals surface area contributed by atoms with E-state index >= 15 is 0 Å². The number of halogens is 1. The van der Waals surface area contributed by atoms with Crippen LogP contribution in [0.1, 0.15) is 24.0 Å². The Hall–Kier alpha value is -3.26. The van der Waals surface area contributed by atoms with Crippen molar-refractivity contribution in [2.24, 2.45) is 5.92 Å². The Bertz CT molecular complexity index is 1220. The lowest BCUT2D eigenvalue weighted by molar-refractivity contribution is -0.125. The molecule has 4 aromatic rings. The molecule has 1 unspecified atom stereocenters. The van der Waals surface area contributed by atoms with Crippen molar-refractivity contribution in [2.75, 3.05) is 18.0 Å². The fourth-order valence-electron chi connectivity index (χ4n) is 4.10. The number of hydrogen-bond acceptors (Lipinski definition) is 5. The Kier molecular flexibility index (Phi) is 5.61. The molecule has 1 amide bonds. The summed E-state index contributed by atoms with van der Waals surface area (Å²) in [7, 11) is 0. The molecule has 164 valence electrons. The summed E-state index contributed by atoms with van der Waals surface area (Å²) in [5.74, 6) is -0.228. The van der Waals surface area contributed by atoms with E-state index in [1.807, 2.05) is 18.3 Å². The largest absolute Gasteiger partial charge is 0.352 e. The first-order chi connectivity index (χ1) is 15.5. The predicted molar refractivity (Wildman–Crippen MR) is 124 cm³/mol. The van der Waals surface area contributed by atoms with Gasteiger partial charge in [-0.05, 0) is 49.6 Å². The Balaban J connectivity index is 1.25. The van der Waals surface area contributed by atoms with Gasteiger partial charge in [-0.2, -0.15) is 0 Å². The third-order valence-electron chi connectivity index (χ3n) is 5.78. The number of anilines is 1. The quantitative estimate of drug-likeness (QED) is 0.489. The van der Waals surface area contributed by atoms with Crippen LogP contribution in [-0.4, -0.2) is 33.6 Å². The van der Waals surface area contributed by atoms with E-state index in [0.29, 0.717) is 13.1 Å². The van der Waals surface area contributed by atoms with E-state index < -0.39 is 0 Å². The normalized spacial score (nSPS) is 16.4. The van der Waals surface area contributed by atoms with Gasteiger partial charge in [0, 0.05) is 25.2 Å². The van der Waals surface area contributed by atoms with Crippen LogP contribution in [0.5, 0.6) is 0 Å². The summed E-state index contributed by atoms with van der Waals surface area (Å²) >= 11 is 1.51. The number of benzene rings is 2. The highest BCUT2D eigenvalue weighted by atomic mass is 32.1. The van der Waals surface area contributed by atoms with Crippen LogP contribution in [0.4, 0.5) is 9.52 Å². The van der Waals surface area contributed by atoms with Crippen molar-refractivity contribution in [2.45, 2.75) is 26.3 Å². The number of aromatic nitrogens is 3. The second-order valence-electron chi connectivity index (χ2n) is 8.24. The number of rotatable bonds is 5. The Labute approximate surface area is 189 Å². The Morgan fingerprint density at radius 3 is 2.88 bits per heavy atom. The van der Waals surface area contributed by atoms with Crippen molar-refractivity contribution < 1.29 is 9.18 Å². The van der Waals surface area contributed by atoms with Gasteiger partial charge in [0.25, 0.3) is 0 Å². The molecule has 3 heterocycles. The van der Waals surface area contributed by atoms with Crippen LogP contribution in [0.25, 0.3) is 16.2 Å². The third kappa shape index (κ3) is 4.36. The molecule has 1 aliphatic heterocycles. The topological polar surface area (TPSA) is 62.5 Å². The van der Waals surface area contributed by atoms with Crippen LogP contribution in [0.2, 0.25) is 0 Å². The van der Waals surface area contributed by atoms with E-state index in [9.17, 15) is 9.18 Å². The van der Waals surface area contributed by atoms with Crippen molar-refractivity contribution in [3.63, 3.8) is 0 Å². The third-order valence-corrected chi connectivity index (χ3v) is 6.77. The fraction of sp³-hybridized carbons (Fsp3) is 0.292. The summed E-state index contributed by atoms with van der Waals surface area (Å²) in [6, 6.07) is 14.5. The van der Waals surface area contributed by atoms with Crippen LogP contribution in [0.15, 0.2) is 54.7 Å². The van der Waals surface area contributed by atoms with Crippen LogP contribution in [-0.2, 0) is 11.3 Å². The van der Waals surface area contributed by atoms with Crippen molar-refractivity contribution in [3.05, 3.63) is 71.7 Å². The number of imidazole rings is 1. The van der Waals surface area contributed by atoms with E-state index in [1.54, 1.807) is 16.6 Å². The van der Waals surface area contributed by atoms with Gasteiger partial charge in [0.2, 0.25) is 16.0 Å². The van der Waals surface area contributed by atoms with E-state index in [-0.39, 0.29) is 17.6 Å². The summed E-state index contributed by atoms with van der Waals surface area (Å²) in [6.45, 7) is 4.14. The molecule has 32 heavy (non-hydrogen) atoms. The first-order valence-electron chi connectivity index (χ1n) is 10.8. The van der Waals surface area contributed by atoms with Crippen LogP contribution in [0, 0.1) is 18.7 Å². The molecule has 0 saturated carbocycles. The molecule has 0 spiro atoms. The maximum atomic E-state index is 13.2. The summed E-state index contributed by atoms with van der Waals surface area (Å²) in [5, 5.41) is 8.65. The van der Waals surface area contributed by atoms with E-state index in [2.05, 4.69) is 39.4 Å². The molecule has 1 N–H and O–H groups in total. The molecule has 0 bridgehead atoms. The fourth-order valence-corrected chi connectivity index (χ4v) is 5.02. The van der Waals surface area contributed by atoms with Crippen LogP contribution in [0.3, 0.4) is 0 Å². The Morgan fingerprint density at radius 1 is 1.25 bits per heavy atom. The number of hydrogen-bond donors (Lipinski definition) is 1. The van der Waals surface area contributed by atoms with Crippen molar-refractivity contribution in [1.29, 1.82) is 0 Å². The number of nitrogens with one attached hydrogen (secondary N) is 1. The van der Waals surface area contributed by atoms with Crippen LogP contribution >= 0.6 is 11.3 Å². The van der Waals surface area contributed by atoms with Gasteiger partial charge < -0.3 is 10.2 Å². The summed E-state index contributed by atoms with van der Waals surface area (Å²) in [4.78, 5) is 20.4. The molecule has 2 aromatic carbocycles. The second kappa shape index (κ2) is 8.70. The lowest BCUT2D eigenvalue weighted by Crippen LogP contribution is -2.43. The standard InChI is InChI=1S/C24H24FN5OS/c1-16-4-2-5-17(12-16)13-26-22(31)19-6-3-11-29(14-19)24-28-30-15-21(27-23(30)32-24)18-7-9-20(25)10-8-18/h2,4-5,7-10,12,15,19H,3,6,11,13-14H2,1H3,(H,26,31). The highest BCUT2D eigenvalue weighted by Crippen LogP contribution is 2.30. The van der Waals surface area contributed by atoms with Crippen LogP contribution < -0.4 is 10.2 Å². The minimum atomic E-state index is -0.266. The SMILES string of the molecule is Cc1cccc(CNC(=O)C2CCCN(c3nn4cc(-c5ccc(F)cc5)nc4s3)C2)c1. The molecule has 8 heteroatoms. The van der Waals surface area contributed by atoms with Crippen molar-refractivity contribution in [1.82, 2.24) is 19.9 Å². The van der Waals surface area contributed by atoms with E-state index in [4.69, 9.17) is 0 Å². The summed E-state index contributed by atoms with van der Waals surface area (Å²) < 4.78 is 14.9. The number of aryl methyl sites for hydroxylation is 1. The first kappa shape index (κ1) is 20.6. The minimum Gasteiger partial charge on any atom is -0.352 e. The van der Waals surface area contributed by atoms with Gasteiger partial charge in [-0.15, -0.1) is 5.10 Å². The van der Waals surface area contributed by atoms with Gasteiger partial charge in [-0.25, -0.2) is 13.9 Å². The molecular formula is C24H24FN5OS. The lowest BCUT2D eigenvalue weighted by atomic mass is 9.97. The van der Waals surface area contributed by atoms with Gasteiger partial charge in [0.05, 0.1) is 17.8 Å². The van der Waals surface area contributed by atoms with Gasteiger partial charge in [0.1, 0.15) is 5.82 Å². The summed E-state index contributed by atoms with van der Waals surface area (Å²) in [6.07, 6.45) is 3.69. The van der Waals surface area contributed by atoms with E-state index in [0.717, 1.165) is 46.3 Å². The average Bonchev–Trinajstić information content (AvgIpc) is 3.38. The van der Waals surface area contributed by atoms with Crippen molar-refractivity contribution >= 4 is 27.3 Å². The zero-order valence-electron chi connectivity index (χ0n) is 17.8. The number of carbonyl (C=O) groups is 1. The van der Waals surface area contributed by atoms with Gasteiger partial charge in [-0.3, -0.25) is 4.79 Å². The van der Waals surface area contributed by atoms with Gasteiger partial charge >= 0.3 is 0 Å². The first-order valence-corrected chi connectivity index (χ1v) is 11.6. The molecule has 1 saturated heterocycles. The number of amides is 1. The molecule has 2 aromatic heterocycles. The molecule has 0 radical (unpaired) electrons. The number of carbonyl (C=O) groups excluding carboxylic acids is 1. The smallest absolute Gasteiger partial charge is 0.225 e. The number of nitrogens with zero attached hydrogens (tertiary/aromatic N) is 4. The molecule has 0 aliphatic carbocycles. The van der Waals surface area contributed by atoms with E-state index in [1.165, 1.54) is 29.0 Å². The number of piperidine rings is 1. The minimum absolute atomic E-state index is 0.0560. The molecule has 5 rings (SSSR count). The summed E-state index contributed by atoms with van der Waals surface area (Å²) in [5.41, 5.74) is 3.93. The maximum Gasteiger partial charge on any atom is 0.225 e. The highest BCUT2D eigenvalue weighted by Gasteiger charge is 2.27. The number of fused-ring (bicyclic) bond motifs is 1. The molecule has 6 nitrogen and oxygen atoms in total. The lowest BCUT2D eigenvalue weighted by Gasteiger charge is -2.31. The molecule has 1 fully saturated rings. The second-order valence-corrected chi connectivity index (χ2v) is 9.17. The zero-order chi connectivity index (χ0) is 22.1.